The third-order valence-corrected chi connectivity index (χ3v) is 5.82. The first-order valence-electron chi connectivity index (χ1n) is 10.5. The molecule has 0 bridgehead atoms. The highest BCUT2D eigenvalue weighted by atomic mass is 16.2. The zero-order chi connectivity index (χ0) is 20.9. The molecule has 0 spiro atoms. The van der Waals surface area contributed by atoms with Crippen molar-refractivity contribution >= 4 is 17.6 Å². The fourth-order valence-corrected chi connectivity index (χ4v) is 3.98. The van der Waals surface area contributed by atoms with Crippen molar-refractivity contribution in [1.29, 1.82) is 0 Å². The largest absolute Gasteiger partial charge is 0.344 e. The number of rotatable bonds is 6. The van der Waals surface area contributed by atoms with Crippen LogP contribution in [0.1, 0.15) is 22.0 Å². The number of carbonyl (C=O) groups excluding carboxylic acids is 2. The second-order valence-corrected chi connectivity index (χ2v) is 7.97. The van der Waals surface area contributed by atoms with E-state index >= 15 is 0 Å². The van der Waals surface area contributed by atoms with Gasteiger partial charge in [0, 0.05) is 57.1 Å². The molecule has 2 fully saturated rings. The van der Waals surface area contributed by atoms with Crippen LogP contribution >= 0.6 is 0 Å². The van der Waals surface area contributed by atoms with Gasteiger partial charge in [-0.05, 0) is 30.8 Å². The van der Waals surface area contributed by atoms with Crippen LogP contribution in [0.25, 0.3) is 0 Å². The van der Waals surface area contributed by atoms with Crippen LogP contribution in [-0.4, -0.2) is 74.6 Å². The van der Waals surface area contributed by atoms with Crippen LogP contribution in [0, 0.1) is 0 Å². The predicted octanol–water partition coefficient (Wildman–Crippen LogP) is 1.93. The van der Waals surface area contributed by atoms with E-state index in [1.165, 1.54) is 0 Å². The van der Waals surface area contributed by atoms with E-state index in [1.807, 2.05) is 30.3 Å². The number of hydrogen-bond donors (Lipinski definition) is 2. The molecule has 7 heteroatoms. The molecule has 2 heterocycles. The maximum Gasteiger partial charge on any atom is 0.321 e. The van der Waals surface area contributed by atoms with Gasteiger partial charge in [-0.25, -0.2) is 4.79 Å². The Morgan fingerprint density at radius 2 is 1.80 bits per heavy atom. The Balaban J connectivity index is 1.49. The van der Waals surface area contributed by atoms with E-state index in [-0.39, 0.29) is 18.0 Å². The molecule has 3 amide bonds. The first kappa shape index (κ1) is 20.4. The van der Waals surface area contributed by atoms with Gasteiger partial charge >= 0.3 is 6.03 Å². The molecule has 2 N–H and O–H groups in total. The zero-order valence-electron chi connectivity index (χ0n) is 17.4. The number of nitrogens with zero attached hydrogens (tertiary/aromatic N) is 3. The van der Waals surface area contributed by atoms with E-state index in [0.717, 1.165) is 44.0 Å². The van der Waals surface area contributed by atoms with Crippen LogP contribution < -0.4 is 15.5 Å². The first-order valence-corrected chi connectivity index (χ1v) is 10.5. The average molecular weight is 408 g/mol. The number of piperazine rings is 1. The number of hydrogen-bond acceptors (Lipinski definition) is 4. The Morgan fingerprint density at radius 1 is 1.03 bits per heavy atom. The number of likely N-dealkylation sites (N-methyl/N-ethyl adjacent to an activating group) is 1. The van der Waals surface area contributed by atoms with Gasteiger partial charge in [0.15, 0.2) is 0 Å². The molecule has 0 saturated carbocycles. The van der Waals surface area contributed by atoms with Crippen molar-refractivity contribution in [1.82, 2.24) is 20.4 Å². The number of nitrogens with one attached hydrogen (secondary N) is 2. The Morgan fingerprint density at radius 3 is 2.50 bits per heavy atom. The van der Waals surface area contributed by atoms with Crippen LogP contribution in [0.2, 0.25) is 0 Å². The summed E-state index contributed by atoms with van der Waals surface area (Å²) in [5, 5.41) is 6.02. The number of benzene rings is 2. The van der Waals surface area contributed by atoms with Crippen LogP contribution in [0.3, 0.4) is 0 Å². The minimum atomic E-state index is -0.126. The third-order valence-electron chi connectivity index (χ3n) is 5.82. The fourth-order valence-electron chi connectivity index (χ4n) is 3.98. The van der Waals surface area contributed by atoms with E-state index in [9.17, 15) is 9.59 Å². The number of urea groups is 1. The summed E-state index contributed by atoms with van der Waals surface area (Å²) in [6, 6.07) is 17.2. The quantitative estimate of drug-likeness (QED) is 0.768. The smallest absolute Gasteiger partial charge is 0.321 e. The molecule has 2 aromatic carbocycles. The standard InChI is InChI=1S/C23H29N5O2/c1-26-12-14-27(15-13-26)17-21(18-6-3-2-4-7-18)25-22(29)19-8-5-9-20(16-19)28-11-10-24-23(28)30/h2-9,16,21H,10-15,17H2,1H3,(H,24,30)(H,25,29). The van der Waals surface area contributed by atoms with Crippen molar-refractivity contribution in [2.75, 3.05) is 57.8 Å². The lowest BCUT2D eigenvalue weighted by Crippen LogP contribution is -2.47. The van der Waals surface area contributed by atoms with E-state index in [1.54, 1.807) is 17.0 Å². The van der Waals surface area contributed by atoms with Gasteiger partial charge in [-0.3, -0.25) is 14.6 Å². The van der Waals surface area contributed by atoms with Gasteiger partial charge in [0.05, 0.1) is 6.04 Å². The van der Waals surface area contributed by atoms with Crippen molar-refractivity contribution in [3.63, 3.8) is 0 Å². The second-order valence-electron chi connectivity index (χ2n) is 7.97. The predicted molar refractivity (Wildman–Crippen MR) is 118 cm³/mol. The maximum atomic E-state index is 13.1. The Bertz CT molecular complexity index is 880. The summed E-state index contributed by atoms with van der Waals surface area (Å²) in [4.78, 5) is 31.5. The zero-order valence-corrected chi connectivity index (χ0v) is 17.4. The summed E-state index contributed by atoms with van der Waals surface area (Å²) < 4.78 is 0. The van der Waals surface area contributed by atoms with Crippen LogP contribution in [0.4, 0.5) is 10.5 Å². The van der Waals surface area contributed by atoms with Crippen LogP contribution in [0.15, 0.2) is 54.6 Å². The minimum absolute atomic E-state index is 0.0964. The topological polar surface area (TPSA) is 67.9 Å². The van der Waals surface area contributed by atoms with Gasteiger partial charge in [0.1, 0.15) is 0 Å². The van der Waals surface area contributed by atoms with Crippen molar-refractivity contribution in [3.8, 4) is 0 Å². The molecule has 0 aliphatic carbocycles. The average Bonchev–Trinajstić information content (AvgIpc) is 3.21. The third kappa shape index (κ3) is 4.80. The summed E-state index contributed by atoms with van der Waals surface area (Å²) in [6.07, 6.45) is 0. The molecular formula is C23H29N5O2. The molecule has 0 radical (unpaired) electrons. The highest BCUT2D eigenvalue weighted by molar-refractivity contribution is 5.98. The molecule has 1 unspecified atom stereocenters. The van der Waals surface area contributed by atoms with Gasteiger partial charge < -0.3 is 15.5 Å². The van der Waals surface area contributed by atoms with E-state index in [0.29, 0.717) is 18.7 Å². The molecule has 1 atom stereocenters. The lowest BCUT2D eigenvalue weighted by Gasteiger charge is -2.35. The molecular weight excluding hydrogens is 378 g/mol. The summed E-state index contributed by atoms with van der Waals surface area (Å²) >= 11 is 0. The van der Waals surface area contributed by atoms with Gasteiger partial charge in [0.2, 0.25) is 0 Å². The summed E-state index contributed by atoms with van der Waals surface area (Å²) in [5.74, 6) is -0.126. The molecule has 30 heavy (non-hydrogen) atoms. The molecule has 2 aliphatic heterocycles. The van der Waals surface area contributed by atoms with Gasteiger partial charge in [-0.1, -0.05) is 36.4 Å². The van der Waals surface area contributed by atoms with Gasteiger partial charge in [0.25, 0.3) is 5.91 Å². The first-order chi connectivity index (χ1) is 14.6. The van der Waals surface area contributed by atoms with Crippen molar-refractivity contribution in [2.24, 2.45) is 0 Å². The monoisotopic (exact) mass is 407 g/mol. The Kier molecular flexibility index (Phi) is 6.30. The second kappa shape index (κ2) is 9.28. The summed E-state index contributed by atoms with van der Waals surface area (Å²) in [6.45, 7) is 6.07. The number of carbonyl (C=O) groups is 2. The number of anilines is 1. The lowest BCUT2D eigenvalue weighted by atomic mass is 10.0. The molecule has 7 nitrogen and oxygen atoms in total. The molecule has 2 saturated heterocycles. The molecule has 4 rings (SSSR count). The van der Waals surface area contributed by atoms with E-state index in [4.69, 9.17) is 0 Å². The highest BCUT2D eigenvalue weighted by Crippen LogP contribution is 2.20. The molecule has 0 aromatic heterocycles. The molecule has 158 valence electrons. The Labute approximate surface area is 177 Å². The van der Waals surface area contributed by atoms with Crippen molar-refractivity contribution < 1.29 is 9.59 Å². The van der Waals surface area contributed by atoms with Crippen molar-refractivity contribution in [2.45, 2.75) is 6.04 Å². The SMILES string of the molecule is CN1CCN(CC(NC(=O)c2cccc(N3CCNC3=O)c2)c2ccccc2)CC1. The lowest BCUT2D eigenvalue weighted by molar-refractivity contribution is 0.0907. The van der Waals surface area contributed by atoms with Gasteiger partial charge in [-0.2, -0.15) is 0 Å². The van der Waals surface area contributed by atoms with Crippen molar-refractivity contribution in [3.05, 3.63) is 65.7 Å². The van der Waals surface area contributed by atoms with Gasteiger partial charge in [-0.15, -0.1) is 0 Å². The van der Waals surface area contributed by atoms with E-state index < -0.39 is 0 Å². The normalized spacial score (nSPS) is 18.8. The highest BCUT2D eigenvalue weighted by Gasteiger charge is 2.24. The summed E-state index contributed by atoms with van der Waals surface area (Å²) in [5.41, 5.74) is 2.40. The van der Waals surface area contributed by atoms with Crippen LogP contribution in [0.5, 0.6) is 0 Å². The maximum absolute atomic E-state index is 13.1. The van der Waals surface area contributed by atoms with Crippen LogP contribution in [-0.2, 0) is 0 Å². The van der Waals surface area contributed by atoms with E-state index in [2.05, 4.69) is 39.6 Å². The molecule has 2 aromatic rings. The molecule has 2 aliphatic rings. The minimum Gasteiger partial charge on any atom is -0.344 e. The summed E-state index contributed by atoms with van der Waals surface area (Å²) in [7, 11) is 2.14. The Hall–Kier alpha value is -2.90. The number of amides is 3. The fraction of sp³-hybridized carbons (Fsp3) is 0.391.